The summed E-state index contributed by atoms with van der Waals surface area (Å²) >= 11 is 11.7. The molecule has 0 bridgehead atoms. The number of amides is 2. The monoisotopic (exact) mass is 366 g/mol. The number of carbonyl (C=O) groups is 2. The molecule has 0 fully saturated rings. The fourth-order valence-corrected chi connectivity index (χ4v) is 2.38. The van der Waals surface area contributed by atoms with Gasteiger partial charge < -0.3 is 20.1 Å². The zero-order valence-corrected chi connectivity index (χ0v) is 13.8. The Morgan fingerprint density at radius 3 is 2.58 bits per heavy atom. The minimum Gasteiger partial charge on any atom is -0.454 e. The predicted octanol–water partition coefficient (Wildman–Crippen LogP) is 3.09. The van der Waals surface area contributed by atoms with E-state index in [-0.39, 0.29) is 19.2 Å². The second-order valence-corrected chi connectivity index (χ2v) is 5.74. The summed E-state index contributed by atoms with van der Waals surface area (Å²) in [5.41, 5.74) is 0.869. The van der Waals surface area contributed by atoms with Gasteiger partial charge in [0, 0.05) is 11.3 Å². The number of fused-ring (bicyclic) bond motifs is 1. The molecule has 2 aromatic carbocycles. The molecule has 1 aliphatic rings. The number of benzene rings is 2. The van der Waals surface area contributed by atoms with Crippen LogP contribution < -0.4 is 20.1 Å². The Balaban J connectivity index is 1.55. The van der Waals surface area contributed by atoms with Crippen LogP contribution in [0.3, 0.4) is 0 Å². The van der Waals surface area contributed by atoms with Gasteiger partial charge in [0.2, 0.25) is 12.7 Å². The summed E-state index contributed by atoms with van der Waals surface area (Å²) in [6, 6.07) is 9.53. The van der Waals surface area contributed by atoms with Crippen LogP contribution in [0.4, 0.5) is 5.69 Å². The molecule has 1 heterocycles. The van der Waals surface area contributed by atoms with Crippen molar-refractivity contribution in [2.24, 2.45) is 0 Å². The van der Waals surface area contributed by atoms with Gasteiger partial charge in [-0.2, -0.15) is 0 Å². The Labute approximate surface area is 147 Å². The maximum Gasteiger partial charge on any atom is 0.251 e. The van der Waals surface area contributed by atoms with Gasteiger partial charge in [0.15, 0.2) is 11.5 Å². The largest absolute Gasteiger partial charge is 0.454 e. The number of rotatable bonds is 4. The minimum atomic E-state index is -0.391. The van der Waals surface area contributed by atoms with Crippen molar-refractivity contribution in [2.75, 3.05) is 18.7 Å². The Morgan fingerprint density at radius 2 is 1.79 bits per heavy atom. The fourth-order valence-electron chi connectivity index (χ4n) is 2.08. The zero-order valence-electron chi connectivity index (χ0n) is 12.3. The Morgan fingerprint density at radius 1 is 1.00 bits per heavy atom. The molecule has 0 spiro atoms. The van der Waals surface area contributed by atoms with E-state index in [2.05, 4.69) is 10.6 Å². The summed E-state index contributed by atoms with van der Waals surface area (Å²) in [7, 11) is 0. The Hall–Kier alpha value is -2.44. The van der Waals surface area contributed by atoms with Crippen LogP contribution in [0.5, 0.6) is 11.5 Å². The van der Waals surface area contributed by atoms with Gasteiger partial charge in [0.25, 0.3) is 5.91 Å². The zero-order chi connectivity index (χ0) is 17.1. The lowest BCUT2D eigenvalue weighted by Gasteiger charge is -2.08. The smallest absolute Gasteiger partial charge is 0.251 e. The first kappa shape index (κ1) is 16.4. The molecule has 0 atom stereocenters. The highest BCUT2D eigenvalue weighted by Gasteiger charge is 2.16. The molecule has 0 unspecified atom stereocenters. The van der Waals surface area contributed by atoms with Crippen molar-refractivity contribution in [1.82, 2.24) is 5.32 Å². The number of carbonyl (C=O) groups excluding carboxylic acids is 2. The van der Waals surface area contributed by atoms with Gasteiger partial charge in [-0.15, -0.1) is 0 Å². The molecule has 8 heteroatoms. The molecule has 0 saturated heterocycles. The van der Waals surface area contributed by atoms with Gasteiger partial charge in [0.05, 0.1) is 16.6 Å². The van der Waals surface area contributed by atoms with Crippen molar-refractivity contribution in [2.45, 2.75) is 0 Å². The molecule has 6 nitrogen and oxygen atoms in total. The molecule has 3 rings (SSSR count). The highest BCUT2D eigenvalue weighted by Crippen LogP contribution is 2.32. The topological polar surface area (TPSA) is 76.7 Å². The van der Waals surface area contributed by atoms with Crippen molar-refractivity contribution >= 4 is 40.7 Å². The third-order valence-corrected chi connectivity index (χ3v) is 3.99. The van der Waals surface area contributed by atoms with Crippen molar-refractivity contribution in [3.63, 3.8) is 0 Å². The molecule has 0 aliphatic carbocycles. The molecule has 0 radical (unpaired) electrons. The van der Waals surface area contributed by atoms with Crippen molar-refractivity contribution in [3.05, 3.63) is 52.0 Å². The number of hydrogen-bond donors (Lipinski definition) is 2. The quantitative estimate of drug-likeness (QED) is 0.871. The number of hydrogen-bond acceptors (Lipinski definition) is 4. The molecular formula is C16H12Cl2N2O4. The summed E-state index contributed by atoms with van der Waals surface area (Å²) in [6.07, 6.45) is 0. The first-order valence-electron chi connectivity index (χ1n) is 6.95. The van der Waals surface area contributed by atoms with Crippen molar-refractivity contribution in [1.29, 1.82) is 0 Å². The van der Waals surface area contributed by atoms with Gasteiger partial charge in [-0.3, -0.25) is 9.59 Å². The van der Waals surface area contributed by atoms with Crippen LogP contribution in [-0.2, 0) is 4.79 Å². The highest BCUT2D eigenvalue weighted by atomic mass is 35.5. The maximum absolute atomic E-state index is 12.1. The van der Waals surface area contributed by atoms with E-state index in [0.29, 0.717) is 32.8 Å². The summed E-state index contributed by atoms with van der Waals surface area (Å²) in [5, 5.41) is 5.87. The molecule has 124 valence electrons. The van der Waals surface area contributed by atoms with Crippen LogP contribution in [0, 0.1) is 0 Å². The second-order valence-electron chi connectivity index (χ2n) is 4.93. The number of anilines is 1. The SMILES string of the molecule is O=C(CNC(=O)c1ccc2c(c1)OCO2)Nc1ccc(Cl)c(Cl)c1. The number of ether oxygens (including phenoxy) is 2. The summed E-state index contributed by atoms with van der Waals surface area (Å²) in [6.45, 7) is -0.0556. The van der Waals surface area contributed by atoms with Gasteiger partial charge in [-0.1, -0.05) is 23.2 Å². The van der Waals surface area contributed by atoms with Gasteiger partial charge in [-0.05, 0) is 36.4 Å². The molecule has 2 aromatic rings. The first-order chi connectivity index (χ1) is 11.5. The third-order valence-electron chi connectivity index (χ3n) is 3.25. The molecule has 0 saturated carbocycles. The van der Waals surface area contributed by atoms with Crippen LogP contribution in [0.25, 0.3) is 0 Å². The average molecular weight is 367 g/mol. The minimum absolute atomic E-state index is 0.131. The van der Waals surface area contributed by atoms with E-state index in [9.17, 15) is 9.59 Å². The van der Waals surface area contributed by atoms with Gasteiger partial charge in [0.1, 0.15) is 0 Å². The van der Waals surface area contributed by atoms with E-state index in [1.165, 1.54) is 6.07 Å². The summed E-state index contributed by atoms with van der Waals surface area (Å²) in [4.78, 5) is 24.0. The highest BCUT2D eigenvalue weighted by molar-refractivity contribution is 6.42. The maximum atomic E-state index is 12.1. The van der Waals surface area contributed by atoms with E-state index in [0.717, 1.165) is 0 Å². The number of nitrogens with one attached hydrogen (secondary N) is 2. The number of halogens is 2. The van der Waals surface area contributed by atoms with Crippen LogP contribution in [0.15, 0.2) is 36.4 Å². The lowest BCUT2D eigenvalue weighted by Crippen LogP contribution is -2.32. The van der Waals surface area contributed by atoms with Gasteiger partial charge >= 0.3 is 0 Å². The fraction of sp³-hybridized carbons (Fsp3) is 0.125. The Kier molecular flexibility index (Phi) is 4.78. The Bertz CT molecular complexity index is 811. The molecule has 0 aromatic heterocycles. The van der Waals surface area contributed by atoms with E-state index < -0.39 is 5.91 Å². The predicted molar refractivity (Wildman–Crippen MR) is 90.0 cm³/mol. The standard InChI is InChI=1S/C16H12Cl2N2O4/c17-11-3-2-10(6-12(11)18)20-15(21)7-19-16(22)9-1-4-13-14(5-9)24-8-23-13/h1-6H,7-8H2,(H,19,22)(H,20,21). The van der Waals surface area contributed by atoms with E-state index >= 15 is 0 Å². The third kappa shape index (κ3) is 3.72. The van der Waals surface area contributed by atoms with Crippen LogP contribution in [0.1, 0.15) is 10.4 Å². The van der Waals surface area contributed by atoms with E-state index in [1.807, 2.05) is 0 Å². The van der Waals surface area contributed by atoms with E-state index in [1.54, 1.807) is 30.3 Å². The van der Waals surface area contributed by atoms with E-state index in [4.69, 9.17) is 32.7 Å². The lowest BCUT2D eigenvalue weighted by molar-refractivity contribution is -0.115. The summed E-state index contributed by atoms with van der Waals surface area (Å²) in [5.74, 6) is 0.312. The van der Waals surface area contributed by atoms with Crippen LogP contribution in [0.2, 0.25) is 10.0 Å². The van der Waals surface area contributed by atoms with Gasteiger partial charge in [-0.25, -0.2) is 0 Å². The first-order valence-corrected chi connectivity index (χ1v) is 7.71. The van der Waals surface area contributed by atoms with Crippen molar-refractivity contribution < 1.29 is 19.1 Å². The normalized spacial score (nSPS) is 11.9. The molecule has 2 amide bonds. The summed E-state index contributed by atoms with van der Waals surface area (Å²) < 4.78 is 10.4. The molecule has 1 aliphatic heterocycles. The molecule has 2 N–H and O–H groups in total. The molecular weight excluding hydrogens is 355 g/mol. The second kappa shape index (κ2) is 6.98. The average Bonchev–Trinajstić information content (AvgIpc) is 3.03. The van der Waals surface area contributed by atoms with Crippen LogP contribution >= 0.6 is 23.2 Å². The van der Waals surface area contributed by atoms with Crippen LogP contribution in [-0.4, -0.2) is 25.2 Å². The molecule has 24 heavy (non-hydrogen) atoms. The van der Waals surface area contributed by atoms with Crippen molar-refractivity contribution in [3.8, 4) is 11.5 Å². The lowest BCUT2D eigenvalue weighted by atomic mass is 10.2.